The Morgan fingerprint density at radius 2 is 1.88 bits per heavy atom. The van der Waals surface area contributed by atoms with Crippen LogP contribution in [-0.2, 0) is 5.41 Å². The first-order valence-corrected chi connectivity index (χ1v) is 6.63. The van der Waals surface area contributed by atoms with Crippen LogP contribution in [-0.4, -0.2) is 7.11 Å². The van der Waals surface area contributed by atoms with Crippen LogP contribution in [0.25, 0.3) is 10.4 Å². The van der Waals surface area contributed by atoms with Crippen LogP contribution in [0.2, 0.25) is 0 Å². The maximum Gasteiger partial charge on any atom is 0.127 e. The van der Waals surface area contributed by atoms with E-state index in [1.165, 1.54) is 16.0 Å². The van der Waals surface area contributed by atoms with Gasteiger partial charge in [-0.1, -0.05) is 32.9 Å². The Kier molecular flexibility index (Phi) is 3.25. The molecule has 2 heteroatoms. The number of hydrogen-bond donors (Lipinski definition) is 0. The first kappa shape index (κ1) is 12.2. The third-order valence-corrected chi connectivity index (χ3v) is 3.76. The molecular weight excluding hydrogens is 228 g/mol. The van der Waals surface area contributed by atoms with Crippen molar-refractivity contribution in [2.24, 2.45) is 0 Å². The maximum atomic E-state index is 5.51. The molecule has 0 spiro atoms. The standard InChI is InChI=1S/C15H18OS/c1-15(2,3)11-7-8-12(13(10-11)16-4)14-6-5-9-17-14/h5-10H,1-4H3. The molecule has 0 fully saturated rings. The highest BCUT2D eigenvalue weighted by Gasteiger charge is 2.16. The molecule has 0 aliphatic carbocycles. The van der Waals surface area contributed by atoms with E-state index in [0.29, 0.717) is 0 Å². The molecule has 0 N–H and O–H groups in total. The van der Waals surface area contributed by atoms with E-state index in [0.717, 1.165) is 5.75 Å². The number of methoxy groups -OCH3 is 1. The van der Waals surface area contributed by atoms with Gasteiger partial charge >= 0.3 is 0 Å². The normalized spacial score (nSPS) is 11.5. The molecule has 0 radical (unpaired) electrons. The fourth-order valence-electron chi connectivity index (χ4n) is 1.79. The van der Waals surface area contributed by atoms with Crippen molar-refractivity contribution in [1.82, 2.24) is 0 Å². The Bertz CT molecular complexity index is 492. The van der Waals surface area contributed by atoms with Gasteiger partial charge in [-0.3, -0.25) is 0 Å². The summed E-state index contributed by atoms with van der Waals surface area (Å²) in [6.07, 6.45) is 0. The van der Waals surface area contributed by atoms with Gasteiger partial charge in [-0.25, -0.2) is 0 Å². The lowest BCUT2D eigenvalue weighted by atomic mass is 9.86. The molecule has 0 aliphatic rings. The Balaban J connectivity index is 2.50. The second-order valence-electron chi connectivity index (χ2n) is 5.14. The zero-order chi connectivity index (χ0) is 12.5. The Hall–Kier alpha value is -1.28. The highest BCUT2D eigenvalue weighted by molar-refractivity contribution is 7.13. The minimum absolute atomic E-state index is 0.154. The smallest absolute Gasteiger partial charge is 0.127 e. The molecule has 2 rings (SSSR count). The van der Waals surface area contributed by atoms with Crippen LogP contribution in [0.15, 0.2) is 35.7 Å². The minimum Gasteiger partial charge on any atom is -0.496 e. The van der Waals surface area contributed by atoms with E-state index < -0.39 is 0 Å². The summed E-state index contributed by atoms with van der Waals surface area (Å²) in [5.74, 6) is 0.958. The van der Waals surface area contributed by atoms with E-state index in [-0.39, 0.29) is 5.41 Å². The average Bonchev–Trinajstić information content (AvgIpc) is 2.80. The Morgan fingerprint density at radius 1 is 1.12 bits per heavy atom. The van der Waals surface area contributed by atoms with Crippen LogP contribution in [0.5, 0.6) is 5.75 Å². The van der Waals surface area contributed by atoms with Crippen LogP contribution >= 0.6 is 11.3 Å². The predicted octanol–water partition coefficient (Wildman–Crippen LogP) is 4.72. The number of rotatable bonds is 2. The second-order valence-corrected chi connectivity index (χ2v) is 6.09. The number of ether oxygens (including phenoxy) is 1. The van der Waals surface area contributed by atoms with Crippen molar-refractivity contribution in [2.75, 3.05) is 7.11 Å². The van der Waals surface area contributed by atoms with Gasteiger partial charge in [-0.15, -0.1) is 11.3 Å². The highest BCUT2D eigenvalue weighted by atomic mass is 32.1. The summed E-state index contributed by atoms with van der Waals surface area (Å²) < 4.78 is 5.51. The predicted molar refractivity (Wildman–Crippen MR) is 75.0 cm³/mol. The van der Waals surface area contributed by atoms with Gasteiger partial charge in [-0.2, -0.15) is 0 Å². The van der Waals surface area contributed by atoms with Crippen molar-refractivity contribution in [1.29, 1.82) is 0 Å². The summed E-state index contributed by atoms with van der Waals surface area (Å²) in [4.78, 5) is 1.25. The second kappa shape index (κ2) is 4.53. The van der Waals surface area contributed by atoms with Crippen molar-refractivity contribution < 1.29 is 4.74 Å². The van der Waals surface area contributed by atoms with Crippen LogP contribution in [0.3, 0.4) is 0 Å². The molecule has 1 heterocycles. The van der Waals surface area contributed by atoms with E-state index in [1.54, 1.807) is 18.4 Å². The van der Waals surface area contributed by atoms with E-state index in [1.807, 2.05) is 0 Å². The Labute approximate surface area is 107 Å². The third-order valence-electron chi connectivity index (χ3n) is 2.85. The van der Waals surface area contributed by atoms with E-state index >= 15 is 0 Å². The maximum absolute atomic E-state index is 5.51. The lowest BCUT2D eigenvalue weighted by Crippen LogP contribution is -2.11. The van der Waals surface area contributed by atoms with E-state index in [4.69, 9.17) is 4.74 Å². The first-order valence-electron chi connectivity index (χ1n) is 5.75. The summed E-state index contributed by atoms with van der Waals surface area (Å²) >= 11 is 1.74. The van der Waals surface area contributed by atoms with Crippen molar-refractivity contribution >= 4 is 11.3 Å². The van der Waals surface area contributed by atoms with Gasteiger partial charge in [0.2, 0.25) is 0 Å². The Morgan fingerprint density at radius 3 is 2.41 bits per heavy atom. The molecule has 0 saturated heterocycles. The molecule has 1 aromatic carbocycles. The summed E-state index contributed by atoms with van der Waals surface area (Å²) in [6, 6.07) is 10.7. The molecule has 2 aromatic rings. The molecule has 0 amide bonds. The van der Waals surface area contributed by atoms with Gasteiger partial charge in [0.05, 0.1) is 7.11 Å². The topological polar surface area (TPSA) is 9.23 Å². The summed E-state index contributed by atoms with van der Waals surface area (Å²) in [6.45, 7) is 6.64. The van der Waals surface area contributed by atoms with Crippen molar-refractivity contribution in [2.45, 2.75) is 26.2 Å². The van der Waals surface area contributed by atoms with Gasteiger partial charge in [0.1, 0.15) is 5.75 Å². The molecule has 1 aromatic heterocycles. The molecule has 90 valence electrons. The van der Waals surface area contributed by atoms with Gasteiger partial charge in [-0.05, 0) is 34.6 Å². The van der Waals surface area contributed by atoms with Crippen LogP contribution in [0.4, 0.5) is 0 Å². The zero-order valence-electron chi connectivity index (χ0n) is 10.8. The molecule has 0 aliphatic heterocycles. The monoisotopic (exact) mass is 246 g/mol. The molecular formula is C15H18OS. The van der Waals surface area contributed by atoms with E-state index in [9.17, 15) is 0 Å². The SMILES string of the molecule is COc1cc(C(C)(C)C)ccc1-c1cccs1. The lowest BCUT2D eigenvalue weighted by molar-refractivity contribution is 0.414. The lowest BCUT2D eigenvalue weighted by Gasteiger charge is -2.20. The van der Waals surface area contributed by atoms with Crippen molar-refractivity contribution in [3.8, 4) is 16.2 Å². The fourth-order valence-corrected chi connectivity index (χ4v) is 2.55. The average molecular weight is 246 g/mol. The summed E-state index contributed by atoms with van der Waals surface area (Å²) in [5.41, 5.74) is 2.63. The molecule has 0 bridgehead atoms. The van der Waals surface area contributed by atoms with Gasteiger partial charge in [0.15, 0.2) is 0 Å². The molecule has 1 nitrogen and oxygen atoms in total. The number of hydrogen-bond acceptors (Lipinski definition) is 2. The molecule has 0 unspecified atom stereocenters. The summed E-state index contributed by atoms with van der Waals surface area (Å²) in [7, 11) is 1.74. The fraction of sp³-hybridized carbons (Fsp3) is 0.333. The van der Waals surface area contributed by atoms with Crippen LogP contribution < -0.4 is 4.74 Å². The van der Waals surface area contributed by atoms with Crippen LogP contribution in [0.1, 0.15) is 26.3 Å². The van der Waals surface area contributed by atoms with Crippen molar-refractivity contribution in [3.05, 3.63) is 41.3 Å². The minimum atomic E-state index is 0.154. The quantitative estimate of drug-likeness (QED) is 0.745. The molecule has 17 heavy (non-hydrogen) atoms. The van der Waals surface area contributed by atoms with Gasteiger partial charge in [0, 0.05) is 10.4 Å². The molecule has 0 saturated carbocycles. The number of thiophene rings is 1. The highest BCUT2D eigenvalue weighted by Crippen LogP contribution is 2.36. The molecule has 0 atom stereocenters. The van der Waals surface area contributed by atoms with Gasteiger partial charge < -0.3 is 4.74 Å². The number of benzene rings is 1. The van der Waals surface area contributed by atoms with Crippen LogP contribution in [0, 0.1) is 0 Å². The van der Waals surface area contributed by atoms with Gasteiger partial charge in [0.25, 0.3) is 0 Å². The van der Waals surface area contributed by atoms with E-state index in [2.05, 4.69) is 56.5 Å². The largest absolute Gasteiger partial charge is 0.496 e. The van der Waals surface area contributed by atoms with Crippen molar-refractivity contribution in [3.63, 3.8) is 0 Å². The zero-order valence-corrected chi connectivity index (χ0v) is 11.6. The summed E-state index contributed by atoms with van der Waals surface area (Å²) in [5, 5.41) is 2.09. The first-order chi connectivity index (χ1) is 8.02. The third kappa shape index (κ3) is 2.52.